The molecule has 2 aliphatic rings. The highest BCUT2D eigenvalue weighted by Crippen LogP contribution is 2.39. The van der Waals surface area contributed by atoms with Crippen LogP contribution in [0.1, 0.15) is 47.6 Å². The molecule has 0 atom stereocenters. The molecule has 146 valence electrons. The maximum absolute atomic E-state index is 11.6. The van der Waals surface area contributed by atoms with E-state index in [2.05, 4.69) is 36.3 Å². The third kappa shape index (κ3) is 3.87. The highest BCUT2D eigenvalue weighted by atomic mass is 16.2. The lowest BCUT2D eigenvalue weighted by Crippen LogP contribution is -2.34. The summed E-state index contributed by atoms with van der Waals surface area (Å²) in [6, 6.07) is 2.01. The van der Waals surface area contributed by atoms with E-state index >= 15 is 0 Å². The molecule has 27 heavy (non-hydrogen) atoms. The van der Waals surface area contributed by atoms with E-state index in [1.54, 1.807) is 13.1 Å². The molecule has 0 bridgehead atoms. The van der Waals surface area contributed by atoms with Crippen molar-refractivity contribution in [1.82, 2.24) is 25.1 Å². The molecule has 2 fully saturated rings. The number of H-pyrrole nitrogens is 1. The molecule has 1 saturated carbocycles. The number of aromatic amines is 1. The first-order valence-corrected chi connectivity index (χ1v) is 9.30. The SMILES string of the molecule is C#Cc1cnc(N2CCCN(C(C)=O)CC2)nc1Nc1cc(C2CC2)[nH]n1.[HH].[HH].[HH]. The number of nitrogens with zero attached hydrogens (tertiary/aromatic N) is 5. The van der Waals surface area contributed by atoms with Crippen molar-refractivity contribution >= 4 is 23.5 Å². The molecule has 3 heterocycles. The monoisotopic (exact) mass is 371 g/mol. The van der Waals surface area contributed by atoms with Gasteiger partial charge in [-0.25, -0.2) is 4.98 Å². The first-order chi connectivity index (χ1) is 13.1. The molecule has 2 aromatic heterocycles. The van der Waals surface area contributed by atoms with Gasteiger partial charge in [0.1, 0.15) is 0 Å². The van der Waals surface area contributed by atoms with E-state index in [9.17, 15) is 4.79 Å². The van der Waals surface area contributed by atoms with Gasteiger partial charge < -0.3 is 15.1 Å². The van der Waals surface area contributed by atoms with Crippen molar-refractivity contribution in [3.8, 4) is 12.3 Å². The van der Waals surface area contributed by atoms with Crippen LogP contribution in [-0.2, 0) is 4.79 Å². The molecule has 1 saturated heterocycles. The Morgan fingerprint density at radius 3 is 2.96 bits per heavy atom. The number of aromatic nitrogens is 4. The Labute approximate surface area is 162 Å². The number of rotatable bonds is 4. The van der Waals surface area contributed by atoms with Gasteiger partial charge in [-0.05, 0) is 19.3 Å². The molecule has 1 amide bonds. The van der Waals surface area contributed by atoms with E-state index in [4.69, 9.17) is 6.42 Å². The summed E-state index contributed by atoms with van der Waals surface area (Å²) in [5.74, 6) is 5.22. The topological polar surface area (TPSA) is 90.0 Å². The molecule has 2 aromatic rings. The summed E-state index contributed by atoms with van der Waals surface area (Å²) in [4.78, 5) is 24.7. The van der Waals surface area contributed by atoms with Crippen LogP contribution in [0.25, 0.3) is 0 Å². The van der Waals surface area contributed by atoms with Crippen LogP contribution in [0.5, 0.6) is 0 Å². The summed E-state index contributed by atoms with van der Waals surface area (Å²) in [6.45, 7) is 4.53. The van der Waals surface area contributed by atoms with E-state index in [1.165, 1.54) is 12.8 Å². The van der Waals surface area contributed by atoms with Crippen LogP contribution in [0.2, 0.25) is 0 Å². The fourth-order valence-electron chi connectivity index (χ4n) is 3.28. The molecule has 4 rings (SSSR count). The lowest BCUT2D eigenvalue weighted by molar-refractivity contribution is -0.128. The zero-order chi connectivity index (χ0) is 18.8. The van der Waals surface area contributed by atoms with Crippen molar-refractivity contribution in [1.29, 1.82) is 0 Å². The molecule has 1 aliphatic carbocycles. The van der Waals surface area contributed by atoms with Crippen LogP contribution in [0, 0.1) is 12.3 Å². The summed E-state index contributed by atoms with van der Waals surface area (Å²) in [6.07, 6.45) is 10.6. The second-order valence-corrected chi connectivity index (χ2v) is 7.03. The van der Waals surface area contributed by atoms with Crippen LogP contribution < -0.4 is 10.2 Å². The summed E-state index contributed by atoms with van der Waals surface area (Å²) in [7, 11) is 0. The van der Waals surface area contributed by atoms with Gasteiger partial charge in [-0.3, -0.25) is 9.89 Å². The first-order valence-electron chi connectivity index (χ1n) is 9.30. The number of nitrogens with one attached hydrogen (secondary N) is 2. The minimum atomic E-state index is 0. The Morgan fingerprint density at radius 2 is 2.22 bits per heavy atom. The molecule has 0 spiro atoms. The molecule has 1 aliphatic heterocycles. The van der Waals surface area contributed by atoms with Gasteiger partial charge in [0.25, 0.3) is 0 Å². The Bertz CT molecular complexity index is 894. The lowest BCUT2D eigenvalue weighted by atomic mass is 10.3. The number of anilines is 3. The Morgan fingerprint density at radius 1 is 1.37 bits per heavy atom. The summed E-state index contributed by atoms with van der Waals surface area (Å²) in [5.41, 5.74) is 1.74. The zero-order valence-corrected chi connectivity index (χ0v) is 15.4. The van der Waals surface area contributed by atoms with Gasteiger partial charge in [0.05, 0.1) is 11.8 Å². The highest BCUT2D eigenvalue weighted by molar-refractivity contribution is 5.73. The number of hydrogen-bond donors (Lipinski definition) is 2. The summed E-state index contributed by atoms with van der Waals surface area (Å²) in [5, 5.41) is 10.6. The number of amides is 1. The lowest BCUT2D eigenvalue weighted by Gasteiger charge is -2.21. The van der Waals surface area contributed by atoms with Crippen molar-refractivity contribution in [3.05, 3.63) is 23.5 Å². The number of carbonyl (C=O) groups excluding carboxylic acids is 1. The molecule has 8 nitrogen and oxygen atoms in total. The second kappa shape index (κ2) is 7.27. The van der Waals surface area contributed by atoms with Crippen molar-refractivity contribution in [3.63, 3.8) is 0 Å². The van der Waals surface area contributed by atoms with Crippen molar-refractivity contribution in [2.24, 2.45) is 0 Å². The van der Waals surface area contributed by atoms with E-state index in [1.807, 2.05) is 11.0 Å². The quantitative estimate of drug-likeness (QED) is 0.803. The number of carbonyl (C=O) groups is 1. The Balaban J connectivity index is 0.00000150. The average Bonchev–Trinajstić information content (AvgIpc) is 3.46. The largest absolute Gasteiger partial charge is 0.341 e. The molecule has 0 radical (unpaired) electrons. The third-order valence-corrected chi connectivity index (χ3v) is 5.02. The average molecular weight is 371 g/mol. The fourth-order valence-corrected chi connectivity index (χ4v) is 3.28. The Kier molecular flexibility index (Phi) is 4.67. The maximum Gasteiger partial charge on any atom is 0.227 e. The van der Waals surface area contributed by atoms with Gasteiger partial charge >= 0.3 is 0 Å². The van der Waals surface area contributed by atoms with Crippen molar-refractivity contribution < 1.29 is 9.07 Å². The van der Waals surface area contributed by atoms with E-state index < -0.39 is 0 Å². The predicted octanol–water partition coefficient (Wildman–Crippen LogP) is 2.60. The van der Waals surface area contributed by atoms with Gasteiger partial charge in [0, 0.05) is 55.1 Å². The number of terminal acetylenes is 1. The molecular weight excluding hydrogens is 342 g/mol. The first kappa shape index (κ1) is 17.3. The molecule has 0 unspecified atom stereocenters. The maximum atomic E-state index is 11.6. The minimum Gasteiger partial charge on any atom is -0.341 e. The number of hydrogen-bond acceptors (Lipinski definition) is 6. The van der Waals surface area contributed by atoms with Crippen LogP contribution in [0.4, 0.5) is 17.6 Å². The predicted molar refractivity (Wildman–Crippen MR) is 109 cm³/mol. The van der Waals surface area contributed by atoms with E-state index in [0.29, 0.717) is 42.2 Å². The van der Waals surface area contributed by atoms with Crippen LogP contribution >= 0.6 is 0 Å². The summed E-state index contributed by atoms with van der Waals surface area (Å²) >= 11 is 0. The third-order valence-electron chi connectivity index (χ3n) is 5.02. The second-order valence-electron chi connectivity index (χ2n) is 7.03. The van der Waals surface area contributed by atoms with Crippen LogP contribution in [-0.4, -0.2) is 57.2 Å². The van der Waals surface area contributed by atoms with Gasteiger partial charge in [-0.15, -0.1) is 6.42 Å². The normalized spacial score (nSPS) is 17.3. The molecular formula is C19H29N7O. The van der Waals surface area contributed by atoms with E-state index in [0.717, 1.165) is 25.2 Å². The zero-order valence-electron chi connectivity index (χ0n) is 15.4. The standard InChI is InChI=1S/C19H23N7O.3H2/c1-3-14-12-20-19(26-8-4-7-25(9-10-26)13(2)27)22-18(14)21-17-11-16(23-24-17)15-5-6-15;;;/h1,11-12,15H,4-10H2,2H3,(H2,20,21,22,23,24);3*1H. The minimum absolute atomic E-state index is 0. The van der Waals surface area contributed by atoms with E-state index in [-0.39, 0.29) is 10.2 Å². The van der Waals surface area contributed by atoms with Crippen LogP contribution in [0.3, 0.4) is 0 Å². The van der Waals surface area contributed by atoms with Gasteiger partial charge in [-0.1, -0.05) is 5.92 Å². The fraction of sp³-hybridized carbons (Fsp3) is 0.474. The molecule has 8 heteroatoms. The molecule has 0 aromatic carbocycles. The van der Waals surface area contributed by atoms with Crippen molar-refractivity contribution in [2.75, 3.05) is 36.4 Å². The van der Waals surface area contributed by atoms with Gasteiger partial charge in [0.15, 0.2) is 11.6 Å². The van der Waals surface area contributed by atoms with Gasteiger partial charge in [0.2, 0.25) is 11.9 Å². The summed E-state index contributed by atoms with van der Waals surface area (Å²) < 4.78 is 0. The highest BCUT2D eigenvalue weighted by Gasteiger charge is 2.26. The van der Waals surface area contributed by atoms with Crippen LogP contribution in [0.15, 0.2) is 12.3 Å². The molecule has 2 N–H and O–H groups in total. The van der Waals surface area contributed by atoms with Gasteiger partial charge in [-0.2, -0.15) is 10.1 Å². The van der Waals surface area contributed by atoms with Crippen molar-refractivity contribution in [2.45, 2.75) is 32.1 Å². The smallest absolute Gasteiger partial charge is 0.227 e. The Hall–Kier alpha value is -3.08.